The van der Waals surface area contributed by atoms with Crippen LogP contribution in [0.5, 0.6) is 5.75 Å². The summed E-state index contributed by atoms with van der Waals surface area (Å²) >= 11 is 0. The number of aromatic nitrogens is 5. The van der Waals surface area contributed by atoms with Crippen molar-refractivity contribution in [3.05, 3.63) is 59.4 Å². The third-order valence-corrected chi connectivity index (χ3v) is 5.05. The molecule has 9 heteroatoms. The fourth-order valence-corrected chi connectivity index (χ4v) is 3.62. The molecule has 3 aromatic heterocycles. The number of anilines is 2. The van der Waals surface area contributed by atoms with Crippen LogP contribution >= 0.6 is 0 Å². The zero-order valence-corrected chi connectivity index (χ0v) is 15.7. The molecule has 0 atom stereocenters. The molecule has 4 heterocycles. The van der Waals surface area contributed by atoms with E-state index in [1.807, 2.05) is 19.1 Å². The Hall–Kier alpha value is -3.75. The van der Waals surface area contributed by atoms with E-state index in [1.165, 1.54) is 6.07 Å². The second-order valence-corrected chi connectivity index (χ2v) is 6.86. The number of nitrogen functional groups attached to an aromatic ring is 1. The van der Waals surface area contributed by atoms with Gasteiger partial charge in [-0.3, -0.25) is 4.40 Å². The van der Waals surface area contributed by atoms with Crippen LogP contribution in [0.4, 0.5) is 16.2 Å². The number of rotatable bonds is 4. The maximum atomic E-state index is 14.4. The molecule has 4 aromatic rings. The van der Waals surface area contributed by atoms with Gasteiger partial charge in [0, 0.05) is 47.1 Å². The average molecular weight is 391 g/mol. The highest BCUT2D eigenvalue weighted by molar-refractivity contribution is 5.83. The molecule has 5 rings (SSSR count). The molecule has 0 fully saturated rings. The first-order chi connectivity index (χ1) is 14.1. The molecule has 8 nitrogen and oxygen atoms in total. The lowest BCUT2D eigenvalue weighted by molar-refractivity contribution is 0.356. The monoisotopic (exact) mass is 391 g/mol. The predicted molar refractivity (Wildman–Crippen MR) is 106 cm³/mol. The minimum Gasteiger partial charge on any atom is -0.493 e. The zero-order chi connectivity index (χ0) is 20.0. The van der Waals surface area contributed by atoms with Gasteiger partial charge in [0.1, 0.15) is 23.7 Å². The fourth-order valence-electron chi connectivity index (χ4n) is 3.62. The zero-order valence-electron chi connectivity index (χ0n) is 15.7. The Morgan fingerprint density at radius 2 is 2.14 bits per heavy atom. The predicted octanol–water partition coefficient (Wildman–Crippen LogP) is 2.76. The van der Waals surface area contributed by atoms with Crippen LogP contribution in [0.3, 0.4) is 0 Å². The summed E-state index contributed by atoms with van der Waals surface area (Å²) in [6.45, 7) is 2.72. The molecular formula is C20H18FN7O. The minimum atomic E-state index is -0.267. The molecule has 3 N–H and O–H groups in total. The summed E-state index contributed by atoms with van der Waals surface area (Å²) in [6, 6.07) is 6.87. The molecule has 0 spiro atoms. The number of fused-ring (bicyclic) bond motifs is 2. The number of pyridine rings is 1. The summed E-state index contributed by atoms with van der Waals surface area (Å²) < 4.78 is 21.6. The van der Waals surface area contributed by atoms with Crippen LogP contribution in [0.15, 0.2) is 36.8 Å². The van der Waals surface area contributed by atoms with Crippen LogP contribution in [0.25, 0.3) is 16.8 Å². The SMILES string of the molecule is Cc1ccc(-c2cnc(NCc3c(F)ccc4c3CCO4)n3cnnc23)c(N)n1. The number of nitrogens with one attached hydrogen (secondary N) is 1. The Bertz CT molecular complexity index is 1240. The van der Waals surface area contributed by atoms with Crippen molar-refractivity contribution in [1.82, 2.24) is 24.6 Å². The fraction of sp³-hybridized carbons (Fsp3) is 0.200. The van der Waals surface area contributed by atoms with Gasteiger partial charge in [-0.05, 0) is 31.2 Å². The molecule has 0 saturated heterocycles. The van der Waals surface area contributed by atoms with E-state index in [4.69, 9.17) is 10.5 Å². The van der Waals surface area contributed by atoms with Crippen molar-refractivity contribution in [2.75, 3.05) is 17.7 Å². The minimum absolute atomic E-state index is 0.267. The molecule has 1 aliphatic heterocycles. The number of hydrogen-bond acceptors (Lipinski definition) is 7. The van der Waals surface area contributed by atoms with E-state index in [9.17, 15) is 4.39 Å². The van der Waals surface area contributed by atoms with Gasteiger partial charge in [-0.25, -0.2) is 14.4 Å². The lowest BCUT2D eigenvalue weighted by Crippen LogP contribution is -2.10. The van der Waals surface area contributed by atoms with Crippen LogP contribution in [-0.2, 0) is 13.0 Å². The van der Waals surface area contributed by atoms with Crippen LogP contribution in [0.2, 0.25) is 0 Å². The Balaban J connectivity index is 1.50. The van der Waals surface area contributed by atoms with Gasteiger partial charge in [0.25, 0.3) is 0 Å². The van der Waals surface area contributed by atoms with Gasteiger partial charge in [0.15, 0.2) is 5.65 Å². The largest absolute Gasteiger partial charge is 0.493 e. The van der Waals surface area contributed by atoms with Crippen molar-refractivity contribution in [3.8, 4) is 16.9 Å². The average Bonchev–Trinajstić information content (AvgIpc) is 3.37. The highest BCUT2D eigenvalue weighted by atomic mass is 19.1. The number of hydrogen-bond donors (Lipinski definition) is 2. The first-order valence-corrected chi connectivity index (χ1v) is 9.21. The molecule has 146 valence electrons. The van der Waals surface area contributed by atoms with Gasteiger partial charge in [0.05, 0.1) is 6.61 Å². The molecular weight excluding hydrogens is 373 g/mol. The first kappa shape index (κ1) is 17.4. The van der Waals surface area contributed by atoms with Crippen LogP contribution in [-0.4, -0.2) is 31.2 Å². The highest BCUT2D eigenvalue weighted by Crippen LogP contribution is 2.31. The third-order valence-electron chi connectivity index (χ3n) is 5.05. The van der Waals surface area contributed by atoms with Crippen molar-refractivity contribution in [1.29, 1.82) is 0 Å². The van der Waals surface area contributed by atoms with Crippen LogP contribution in [0.1, 0.15) is 16.8 Å². The smallest absolute Gasteiger partial charge is 0.210 e. The Morgan fingerprint density at radius 1 is 1.24 bits per heavy atom. The lowest BCUT2D eigenvalue weighted by atomic mass is 10.0. The van der Waals surface area contributed by atoms with E-state index in [1.54, 1.807) is 23.0 Å². The van der Waals surface area contributed by atoms with E-state index in [-0.39, 0.29) is 12.4 Å². The van der Waals surface area contributed by atoms with Gasteiger partial charge < -0.3 is 15.8 Å². The number of ether oxygens (including phenoxy) is 1. The molecule has 29 heavy (non-hydrogen) atoms. The van der Waals surface area contributed by atoms with Crippen molar-refractivity contribution in [2.24, 2.45) is 0 Å². The highest BCUT2D eigenvalue weighted by Gasteiger charge is 2.20. The molecule has 0 radical (unpaired) electrons. The Kier molecular flexibility index (Phi) is 4.01. The summed E-state index contributed by atoms with van der Waals surface area (Å²) in [6.07, 6.45) is 3.92. The number of aryl methyl sites for hydroxylation is 1. The number of benzene rings is 1. The van der Waals surface area contributed by atoms with Gasteiger partial charge >= 0.3 is 0 Å². The van der Waals surface area contributed by atoms with E-state index < -0.39 is 0 Å². The molecule has 0 amide bonds. The summed E-state index contributed by atoms with van der Waals surface area (Å²) in [7, 11) is 0. The van der Waals surface area contributed by atoms with Crippen LogP contribution < -0.4 is 15.8 Å². The molecule has 0 saturated carbocycles. The van der Waals surface area contributed by atoms with Crippen molar-refractivity contribution >= 4 is 17.4 Å². The van der Waals surface area contributed by atoms with E-state index in [2.05, 4.69) is 25.5 Å². The summed E-state index contributed by atoms with van der Waals surface area (Å²) in [5.41, 5.74) is 10.4. The number of halogens is 1. The Labute approximate surface area is 165 Å². The summed E-state index contributed by atoms with van der Waals surface area (Å²) in [4.78, 5) is 8.80. The van der Waals surface area contributed by atoms with Crippen LogP contribution in [0, 0.1) is 12.7 Å². The summed E-state index contributed by atoms with van der Waals surface area (Å²) in [5, 5.41) is 11.4. The quantitative estimate of drug-likeness (QED) is 0.551. The van der Waals surface area contributed by atoms with E-state index >= 15 is 0 Å². The first-order valence-electron chi connectivity index (χ1n) is 9.21. The lowest BCUT2D eigenvalue weighted by Gasteiger charge is -2.13. The molecule has 0 bridgehead atoms. The molecule has 0 unspecified atom stereocenters. The maximum Gasteiger partial charge on any atom is 0.210 e. The maximum absolute atomic E-state index is 14.4. The van der Waals surface area contributed by atoms with Crippen molar-refractivity contribution in [3.63, 3.8) is 0 Å². The molecule has 1 aromatic carbocycles. The second-order valence-electron chi connectivity index (χ2n) is 6.86. The van der Waals surface area contributed by atoms with E-state index in [0.717, 1.165) is 28.1 Å². The normalized spacial score (nSPS) is 12.8. The topological polar surface area (TPSA) is 103 Å². The van der Waals surface area contributed by atoms with Gasteiger partial charge in [0.2, 0.25) is 5.95 Å². The number of nitrogens with zero attached hydrogens (tertiary/aromatic N) is 5. The van der Waals surface area contributed by atoms with Crippen molar-refractivity contribution in [2.45, 2.75) is 19.9 Å². The standard InChI is InChI=1S/C20H18FN7O/c1-11-2-3-13(18(22)26-11)15-9-24-20(28-10-25-27-19(15)28)23-8-14-12-6-7-29-17(12)5-4-16(14)21/h2-5,9-10H,6-8H2,1H3,(H2,22,26)(H,23,24). The summed E-state index contributed by atoms with van der Waals surface area (Å²) in [5.74, 6) is 1.38. The molecule has 0 aliphatic carbocycles. The van der Waals surface area contributed by atoms with Gasteiger partial charge in [-0.15, -0.1) is 10.2 Å². The van der Waals surface area contributed by atoms with Crippen molar-refractivity contribution < 1.29 is 9.13 Å². The van der Waals surface area contributed by atoms with Gasteiger partial charge in [-0.1, -0.05) is 0 Å². The third kappa shape index (κ3) is 2.91. The second kappa shape index (κ2) is 6.69. The number of nitrogens with two attached hydrogens (primary N) is 1. The Morgan fingerprint density at radius 3 is 3.00 bits per heavy atom. The van der Waals surface area contributed by atoms with Gasteiger partial charge in [-0.2, -0.15) is 0 Å². The van der Waals surface area contributed by atoms with E-state index in [0.29, 0.717) is 36.0 Å². The molecule has 1 aliphatic rings.